The molecule has 4 nitrogen and oxygen atoms in total. The van der Waals surface area contributed by atoms with E-state index in [1.807, 2.05) is 17.5 Å². The summed E-state index contributed by atoms with van der Waals surface area (Å²) in [6.07, 6.45) is 2.34. The van der Waals surface area contributed by atoms with Crippen LogP contribution >= 0.6 is 23.1 Å². The fourth-order valence-electron chi connectivity index (χ4n) is 2.56. The Morgan fingerprint density at radius 2 is 2.21 bits per heavy atom. The molecule has 0 unspecified atom stereocenters. The van der Waals surface area contributed by atoms with Gasteiger partial charge in [0.2, 0.25) is 0 Å². The van der Waals surface area contributed by atoms with E-state index in [0.29, 0.717) is 11.8 Å². The molecule has 0 radical (unpaired) electrons. The third-order valence-electron chi connectivity index (χ3n) is 3.90. The SMILES string of the molecule is COc1ccc(CSc2nnc(-c3cccs3)n2C2CC2)cc1F. The van der Waals surface area contributed by atoms with Crippen LogP contribution in [0.5, 0.6) is 5.75 Å². The molecule has 1 aliphatic carbocycles. The molecule has 4 rings (SSSR count). The van der Waals surface area contributed by atoms with Gasteiger partial charge in [0.05, 0.1) is 12.0 Å². The van der Waals surface area contributed by atoms with E-state index in [-0.39, 0.29) is 11.6 Å². The van der Waals surface area contributed by atoms with Crippen molar-refractivity contribution in [3.8, 4) is 16.5 Å². The monoisotopic (exact) mass is 361 g/mol. The van der Waals surface area contributed by atoms with Gasteiger partial charge in [0, 0.05) is 11.8 Å². The Labute approximate surface area is 147 Å². The van der Waals surface area contributed by atoms with Crippen molar-refractivity contribution in [3.63, 3.8) is 0 Å². The molecular formula is C17H16FN3OS2. The summed E-state index contributed by atoms with van der Waals surface area (Å²) in [6.45, 7) is 0. The normalized spacial score (nSPS) is 14.1. The van der Waals surface area contributed by atoms with Crippen LogP contribution in [0.4, 0.5) is 4.39 Å². The first-order valence-corrected chi connectivity index (χ1v) is 9.57. The zero-order chi connectivity index (χ0) is 16.5. The molecule has 124 valence electrons. The molecule has 0 N–H and O–H groups in total. The summed E-state index contributed by atoms with van der Waals surface area (Å²) in [6, 6.07) is 9.65. The molecule has 0 aliphatic heterocycles. The summed E-state index contributed by atoms with van der Waals surface area (Å²) in [5, 5.41) is 11.7. The van der Waals surface area contributed by atoms with E-state index < -0.39 is 0 Å². The van der Waals surface area contributed by atoms with Crippen LogP contribution in [0, 0.1) is 5.82 Å². The Bertz CT molecular complexity index is 844. The fraction of sp³-hybridized carbons (Fsp3) is 0.294. The lowest BCUT2D eigenvalue weighted by Gasteiger charge is -2.08. The summed E-state index contributed by atoms with van der Waals surface area (Å²) in [7, 11) is 1.47. The summed E-state index contributed by atoms with van der Waals surface area (Å²) >= 11 is 3.27. The highest BCUT2D eigenvalue weighted by Crippen LogP contribution is 2.42. The average Bonchev–Trinajstić information content (AvgIpc) is 3.11. The molecule has 2 heterocycles. The highest BCUT2D eigenvalue weighted by molar-refractivity contribution is 7.98. The predicted molar refractivity (Wildman–Crippen MR) is 94.1 cm³/mol. The largest absolute Gasteiger partial charge is 0.494 e. The first-order valence-electron chi connectivity index (χ1n) is 7.70. The number of aromatic nitrogens is 3. The number of nitrogens with zero attached hydrogens (tertiary/aromatic N) is 3. The van der Waals surface area contributed by atoms with Gasteiger partial charge in [-0.3, -0.25) is 4.57 Å². The van der Waals surface area contributed by atoms with Crippen molar-refractivity contribution in [1.29, 1.82) is 0 Å². The quantitative estimate of drug-likeness (QED) is 0.592. The minimum atomic E-state index is -0.335. The van der Waals surface area contributed by atoms with Gasteiger partial charge in [-0.05, 0) is 42.0 Å². The average molecular weight is 361 g/mol. The van der Waals surface area contributed by atoms with Crippen LogP contribution in [0.3, 0.4) is 0 Å². The molecule has 0 spiro atoms. The summed E-state index contributed by atoms with van der Waals surface area (Å²) in [4.78, 5) is 1.14. The zero-order valence-electron chi connectivity index (χ0n) is 13.1. The number of rotatable bonds is 6. The number of hydrogen-bond donors (Lipinski definition) is 0. The van der Waals surface area contributed by atoms with E-state index in [2.05, 4.69) is 20.8 Å². The van der Waals surface area contributed by atoms with Crippen LogP contribution in [0.2, 0.25) is 0 Å². The molecule has 24 heavy (non-hydrogen) atoms. The van der Waals surface area contributed by atoms with E-state index in [1.54, 1.807) is 29.2 Å². The molecule has 1 fully saturated rings. The third-order valence-corrected chi connectivity index (χ3v) is 5.78. The highest BCUT2D eigenvalue weighted by atomic mass is 32.2. The second-order valence-corrected chi connectivity index (χ2v) is 7.53. The highest BCUT2D eigenvalue weighted by Gasteiger charge is 2.30. The smallest absolute Gasteiger partial charge is 0.192 e. The van der Waals surface area contributed by atoms with Gasteiger partial charge in [-0.2, -0.15) is 0 Å². The maximum Gasteiger partial charge on any atom is 0.192 e. The molecule has 2 aromatic heterocycles. The molecular weight excluding hydrogens is 345 g/mol. The fourth-order valence-corrected chi connectivity index (χ4v) is 4.21. The van der Waals surface area contributed by atoms with E-state index in [4.69, 9.17) is 4.74 Å². The van der Waals surface area contributed by atoms with Gasteiger partial charge in [0.25, 0.3) is 0 Å². The molecule has 1 aromatic carbocycles. The van der Waals surface area contributed by atoms with Gasteiger partial charge < -0.3 is 4.74 Å². The Morgan fingerprint density at radius 1 is 1.33 bits per heavy atom. The number of thioether (sulfide) groups is 1. The second kappa shape index (κ2) is 6.57. The van der Waals surface area contributed by atoms with Gasteiger partial charge in [-0.15, -0.1) is 21.5 Å². The van der Waals surface area contributed by atoms with Crippen molar-refractivity contribution < 1.29 is 9.13 Å². The molecule has 7 heteroatoms. The van der Waals surface area contributed by atoms with Crippen LogP contribution in [0.15, 0.2) is 40.9 Å². The maximum absolute atomic E-state index is 13.8. The number of methoxy groups -OCH3 is 1. The molecule has 0 amide bonds. The number of ether oxygens (including phenoxy) is 1. The molecule has 0 atom stereocenters. The van der Waals surface area contributed by atoms with Crippen LogP contribution in [-0.4, -0.2) is 21.9 Å². The summed E-state index contributed by atoms with van der Waals surface area (Å²) in [5.74, 6) is 1.52. The molecule has 3 aromatic rings. The van der Waals surface area contributed by atoms with Crippen LogP contribution in [0.25, 0.3) is 10.7 Å². The summed E-state index contributed by atoms with van der Waals surface area (Å²) < 4.78 is 21.0. The molecule has 0 saturated heterocycles. The minimum Gasteiger partial charge on any atom is -0.494 e. The van der Waals surface area contributed by atoms with Gasteiger partial charge in [-0.25, -0.2) is 4.39 Å². The van der Waals surface area contributed by atoms with Crippen molar-refractivity contribution >= 4 is 23.1 Å². The second-order valence-electron chi connectivity index (χ2n) is 5.64. The van der Waals surface area contributed by atoms with E-state index in [0.717, 1.165) is 21.4 Å². The Morgan fingerprint density at radius 3 is 2.88 bits per heavy atom. The van der Waals surface area contributed by atoms with E-state index >= 15 is 0 Å². The van der Waals surface area contributed by atoms with E-state index in [1.165, 1.54) is 26.0 Å². The number of thiophene rings is 1. The van der Waals surface area contributed by atoms with Crippen molar-refractivity contribution in [2.24, 2.45) is 0 Å². The van der Waals surface area contributed by atoms with Crippen molar-refractivity contribution in [2.45, 2.75) is 29.8 Å². The van der Waals surface area contributed by atoms with Crippen molar-refractivity contribution in [1.82, 2.24) is 14.8 Å². The number of benzene rings is 1. The summed E-state index contributed by atoms with van der Waals surface area (Å²) in [5.41, 5.74) is 0.904. The molecule has 0 bridgehead atoms. The predicted octanol–water partition coefficient (Wildman–Crippen LogP) is 4.78. The van der Waals surface area contributed by atoms with Crippen LogP contribution < -0.4 is 4.74 Å². The van der Waals surface area contributed by atoms with Gasteiger partial charge >= 0.3 is 0 Å². The zero-order valence-corrected chi connectivity index (χ0v) is 14.7. The van der Waals surface area contributed by atoms with Gasteiger partial charge in [0.15, 0.2) is 22.5 Å². The lowest BCUT2D eigenvalue weighted by Crippen LogP contribution is -1.99. The Hall–Kier alpha value is -1.86. The lowest BCUT2D eigenvalue weighted by atomic mass is 10.2. The minimum absolute atomic E-state index is 0.268. The topological polar surface area (TPSA) is 39.9 Å². The number of hydrogen-bond acceptors (Lipinski definition) is 5. The van der Waals surface area contributed by atoms with Crippen LogP contribution in [0.1, 0.15) is 24.4 Å². The third kappa shape index (κ3) is 3.06. The molecule has 1 saturated carbocycles. The van der Waals surface area contributed by atoms with Crippen molar-refractivity contribution in [2.75, 3.05) is 7.11 Å². The standard InChI is InChI=1S/C17H16FN3OS2/c1-22-14-7-4-11(9-13(14)18)10-24-17-20-19-16(15-3-2-8-23-15)21(17)12-5-6-12/h2-4,7-9,12H,5-6,10H2,1H3. The van der Waals surface area contributed by atoms with Crippen molar-refractivity contribution in [3.05, 3.63) is 47.1 Å². The Balaban J connectivity index is 1.56. The first-order chi connectivity index (χ1) is 11.8. The number of halogens is 1. The van der Waals surface area contributed by atoms with Gasteiger partial charge in [-0.1, -0.05) is 23.9 Å². The van der Waals surface area contributed by atoms with Crippen LogP contribution in [-0.2, 0) is 5.75 Å². The van der Waals surface area contributed by atoms with Gasteiger partial charge in [0.1, 0.15) is 0 Å². The lowest BCUT2D eigenvalue weighted by molar-refractivity contribution is 0.386. The first kappa shape index (κ1) is 15.7. The maximum atomic E-state index is 13.8. The Kier molecular flexibility index (Phi) is 4.28. The molecule has 1 aliphatic rings. The van der Waals surface area contributed by atoms with E-state index in [9.17, 15) is 4.39 Å².